The maximum atomic E-state index is 13.9. The lowest BCUT2D eigenvalue weighted by Crippen LogP contribution is -2.27. The van der Waals surface area contributed by atoms with Gasteiger partial charge >= 0.3 is 0 Å². The van der Waals surface area contributed by atoms with E-state index in [0.29, 0.717) is 36.6 Å². The molecule has 3 N–H and O–H groups in total. The van der Waals surface area contributed by atoms with Crippen molar-refractivity contribution in [1.29, 1.82) is 0 Å². The van der Waals surface area contributed by atoms with E-state index in [2.05, 4.69) is 10.3 Å². The third-order valence-electron chi connectivity index (χ3n) is 4.89. The lowest BCUT2D eigenvalue weighted by molar-refractivity contribution is 0.0922. The van der Waals surface area contributed by atoms with Gasteiger partial charge in [0.2, 0.25) is 0 Å². The first-order valence-electron chi connectivity index (χ1n) is 10.3. The molecule has 1 unspecified atom stereocenters. The number of hydrogen-bond donors (Lipinski definition) is 2. The summed E-state index contributed by atoms with van der Waals surface area (Å²) in [6, 6.07) is 11.4. The molecule has 0 saturated heterocycles. The number of nitrogens with two attached hydrogens (primary N) is 1. The van der Waals surface area contributed by atoms with Gasteiger partial charge in [-0.25, -0.2) is 9.37 Å². The molecule has 0 spiro atoms. The number of benzene rings is 2. The number of nitrogens with zero attached hydrogens (tertiary/aromatic N) is 1. The number of halogens is 3. The van der Waals surface area contributed by atoms with Gasteiger partial charge in [-0.05, 0) is 49.7 Å². The summed E-state index contributed by atoms with van der Waals surface area (Å²) in [5.41, 5.74) is 8.38. The molecule has 0 saturated carbocycles. The smallest absolute Gasteiger partial charge is 0.251 e. The monoisotopic (exact) mass is 491 g/mol. The number of anilines is 1. The molecule has 1 amide bonds. The summed E-state index contributed by atoms with van der Waals surface area (Å²) >= 11 is 12.3. The Labute approximate surface area is 201 Å². The molecule has 0 fully saturated rings. The van der Waals surface area contributed by atoms with Crippen LogP contribution in [-0.2, 0) is 4.74 Å². The average Bonchev–Trinajstić information content (AvgIpc) is 2.81. The summed E-state index contributed by atoms with van der Waals surface area (Å²) < 4.78 is 25.0. The minimum atomic E-state index is -0.678. The van der Waals surface area contributed by atoms with E-state index in [-0.39, 0.29) is 21.8 Å². The summed E-state index contributed by atoms with van der Waals surface area (Å²) in [5.74, 6) is -0.305. The first kappa shape index (κ1) is 24.8. The molecule has 3 aromatic rings. The molecular formula is C24H24Cl2FN3O3. The second kappa shape index (κ2) is 11.3. The van der Waals surface area contributed by atoms with Crippen molar-refractivity contribution in [1.82, 2.24) is 10.3 Å². The molecule has 33 heavy (non-hydrogen) atoms. The quantitative estimate of drug-likeness (QED) is 0.296. The van der Waals surface area contributed by atoms with Crippen LogP contribution in [0.25, 0.3) is 11.1 Å². The Morgan fingerprint density at radius 1 is 1.18 bits per heavy atom. The van der Waals surface area contributed by atoms with Gasteiger partial charge in [-0.15, -0.1) is 0 Å². The summed E-state index contributed by atoms with van der Waals surface area (Å²) in [6.07, 6.45) is 0.925. The Bertz CT molecular complexity index is 1130. The number of nitrogens with one attached hydrogen (secondary N) is 1. The van der Waals surface area contributed by atoms with Crippen molar-refractivity contribution >= 4 is 34.9 Å². The Balaban J connectivity index is 1.76. The number of aromatic nitrogens is 1. The Morgan fingerprint density at radius 3 is 2.61 bits per heavy atom. The third kappa shape index (κ3) is 6.13. The number of amides is 1. The first-order valence-corrected chi connectivity index (χ1v) is 11.1. The van der Waals surface area contributed by atoms with Crippen molar-refractivity contribution in [2.45, 2.75) is 20.0 Å². The van der Waals surface area contributed by atoms with E-state index < -0.39 is 11.9 Å². The molecule has 6 nitrogen and oxygen atoms in total. The van der Waals surface area contributed by atoms with E-state index >= 15 is 0 Å². The first-order chi connectivity index (χ1) is 15.8. The van der Waals surface area contributed by atoms with Gasteiger partial charge in [-0.2, -0.15) is 0 Å². The summed E-state index contributed by atoms with van der Waals surface area (Å²) in [7, 11) is 0. The van der Waals surface area contributed by atoms with Crippen LogP contribution in [0.5, 0.6) is 5.75 Å². The van der Waals surface area contributed by atoms with E-state index in [0.717, 1.165) is 11.1 Å². The SMILES string of the molecule is CCOCCNC(=O)c1ccc(-c2cnc(N)c(OC(C)c3c(Cl)ccc(F)c3Cl)c2)cc1. The molecule has 0 aliphatic rings. The van der Waals surface area contributed by atoms with Crippen molar-refractivity contribution in [2.75, 3.05) is 25.5 Å². The average molecular weight is 492 g/mol. The second-order valence-electron chi connectivity index (χ2n) is 7.15. The van der Waals surface area contributed by atoms with Crippen molar-refractivity contribution in [3.05, 3.63) is 75.7 Å². The topological polar surface area (TPSA) is 86.5 Å². The largest absolute Gasteiger partial charge is 0.482 e. The molecule has 3 rings (SSSR count). The zero-order valence-electron chi connectivity index (χ0n) is 18.2. The highest BCUT2D eigenvalue weighted by atomic mass is 35.5. The van der Waals surface area contributed by atoms with Crippen LogP contribution >= 0.6 is 23.2 Å². The zero-order valence-corrected chi connectivity index (χ0v) is 19.7. The van der Waals surface area contributed by atoms with Crippen LogP contribution < -0.4 is 15.8 Å². The zero-order chi connectivity index (χ0) is 24.0. The van der Waals surface area contributed by atoms with Crippen molar-refractivity contribution in [3.8, 4) is 16.9 Å². The lowest BCUT2D eigenvalue weighted by Gasteiger charge is -2.19. The predicted octanol–water partition coefficient (Wildman–Crippen LogP) is 5.68. The fourth-order valence-corrected chi connectivity index (χ4v) is 3.85. The van der Waals surface area contributed by atoms with E-state index in [1.807, 2.05) is 6.92 Å². The summed E-state index contributed by atoms with van der Waals surface area (Å²) in [5, 5.41) is 2.98. The van der Waals surface area contributed by atoms with Crippen LogP contribution in [0.15, 0.2) is 48.7 Å². The van der Waals surface area contributed by atoms with Crippen LogP contribution in [0, 0.1) is 5.82 Å². The van der Waals surface area contributed by atoms with Gasteiger partial charge < -0.3 is 20.5 Å². The van der Waals surface area contributed by atoms with Gasteiger partial charge in [-0.1, -0.05) is 35.3 Å². The van der Waals surface area contributed by atoms with Crippen LogP contribution in [0.1, 0.15) is 35.9 Å². The van der Waals surface area contributed by atoms with E-state index in [9.17, 15) is 9.18 Å². The molecule has 0 radical (unpaired) electrons. The number of hydrogen-bond acceptors (Lipinski definition) is 5. The molecule has 9 heteroatoms. The van der Waals surface area contributed by atoms with Crippen LogP contribution in [-0.4, -0.2) is 30.6 Å². The molecule has 0 aliphatic heterocycles. The number of ether oxygens (including phenoxy) is 2. The molecule has 2 aromatic carbocycles. The summed E-state index contributed by atoms with van der Waals surface area (Å²) in [4.78, 5) is 16.4. The van der Waals surface area contributed by atoms with Crippen LogP contribution in [0.4, 0.5) is 10.2 Å². The predicted molar refractivity (Wildman–Crippen MR) is 128 cm³/mol. The third-order valence-corrected chi connectivity index (χ3v) is 5.60. The normalized spacial score (nSPS) is 11.8. The molecule has 1 atom stereocenters. The maximum absolute atomic E-state index is 13.9. The Kier molecular flexibility index (Phi) is 8.49. The fourth-order valence-electron chi connectivity index (χ4n) is 3.17. The van der Waals surface area contributed by atoms with E-state index in [1.165, 1.54) is 12.1 Å². The molecule has 1 aromatic heterocycles. The Hall–Kier alpha value is -2.87. The Morgan fingerprint density at radius 2 is 1.91 bits per heavy atom. The molecule has 174 valence electrons. The minimum Gasteiger partial charge on any atom is -0.482 e. The molecular weight excluding hydrogens is 468 g/mol. The standard InChI is InChI=1S/C24H24Cl2FN3O3/c1-3-32-11-10-29-24(31)16-6-4-15(5-7-16)17-12-20(23(28)30-13-17)33-14(2)21-18(25)8-9-19(27)22(21)26/h4-9,12-14H,3,10-11H2,1-2H3,(H2,28,30)(H,29,31). The van der Waals surface area contributed by atoms with Gasteiger partial charge in [0.05, 0.1) is 11.6 Å². The van der Waals surface area contributed by atoms with Crippen molar-refractivity contribution < 1.29 is 18.7 Å². The molecule has 1 heterocycles. The number of nitrogen functional groups attached to an aromatic ring is 1. The van der Waals surface area contributed by atoms with Gasteiger partial charge in [0.15, 0.2) is 11.6 Å². The van der Waals surface area contributed by atoms with Crippen molar-refractivity contribution in [2.24, 2.45) is 0 Å². The number of carbonyl (C=O) groups excluding carboxylic acids is 1. The van der Waals surface area contributed by atoms with Crippen LogP contribution in [0.2, 0.25) is 10.0 Å². The second-order valence-corrected chi connectivity index (χ2v) is 7.94. The lowest BCUT2D eigenvalue weighted by atomic mass is 10.0. The van der Waals surface area contributed by atoms with Gasteiger partial charge in [-0.3, -0.25) is 4.79 Å². The highest BCUT2D eigenvalue weighted by Gasteiger charge is 2.20. The highest BCUT2D eigenvalue weighted by molar-refractivity contribution is 6.36. The number of rotatable bonds is 9. The van der Waals surface area contributed by atoms with E-state index in [1.54, 1.807) is 43.5 Å². The van der Waals surface area contributed by atoms with Crippen molar-refractivity contribution in [3.63, 3.8) is 0 Å². The van der Waals surface area contributed by atoms with Gasteiger partial charge in [0.1, 0.15) is 11.9 Å². The maximum Gasteiger partial charge on any atom is 0.251 e. The number of carbonyl (C=O) groups is 1. The molecule has 0 aliphatic carbocycles. The summed E-state index contributed by atoms with van der Waals surface area (Å²) in [6.45, 7) is 5.10. The highest BCUT2D eigenvalue weighted by Crippen LogP contribution is 2.37. The number of pyridine rings is 1. The van der Waals surface area contributed by atoms with Crippen LogP contribution in [0.3, 0.4) is 0 Å². The fraction of sp³-hybridized carbons (Fsp3) is 0.250. The molecule has 0 bridgehead atoms. The minimum absolute atomic E-state index is 0.104. The van der Waals surface area contributed by atoms with Gasteiger partial charge in [0, 0.05) is 41.1 Å². The van der Waals surface area contributed by atoms with Gasteiger partial charge in [0.25, 0.3) is 5.91 Å². The van der Waals surface area contributed by atoms with E-state index in [4.69, 9.17) is 38.4 Å².